The Morgan fingerprint density at radius 3 is 2.22 bits per heavy atom. The zero-order chi connectivity index (χ0) is 7.44. The molecule has 0 aliphatic rings. The van der Waals surface area contributed by atoms with Crippen LogP contribution in [0.2, 0.25) is 0 Å². The zero-order valence-electron chi connectivity index (χ0n) is 4.67. The summed E-state index contributed by atoms with van der Waals surface area (Å²) in [6, 6.07) is 0. The van der Waals surface area contributed by atoms with Gasteiger partial charge in [0.2, 0.25) is 0 Å². The molecule has 5 heteroatoms. The van der Waals surface area contributed by atoms with Gasteiger partial charge in [0.25, 0.3) is 5.02 Å². The number of halogens is 2. The van der Waals surface area contributed by atoms with E-state index in [2.05, 4.69) is 4.74 Å². The number of rotatable bonds is 2. The molecule has 0 aliphatic carbocycles. The fourth-order valence-electron chi connectivity index (χ4n) is 0.186. The maximum atomic E-state index is 10.3. The fraction of sp³-hybridized carbons (Fsp3) is 0.750. The van der Waals surface area contributed by atoms with Crippen LogP contribution in [0.1, 0.15) is 6.92 Å². The first-order chi connectivity index (χ1) is 4.04. The van der Waals surface area contributed by atoms with Crippen LogP contribution in [-0.2, 0) is 9.53 Å². The number of hydrogen-bond acceptors (Lipinski definition) is 3. The van der Waals surface area contributed by atoms with Crippen molar-refractivity contribution in [2.45, 2.75) is 18.1 Å². The monoisotopic (exact) mass is 172 g/mol. The Kier molecular flexibility index (Phi) is 3.93. The van der Waals surface area contributed by atoms with E-state index in [1.807, 2.05) is 0 Å². The van der Waals surface area contributed by atoms with Crippen LogP contribution in [0.4, 0.5) is 0 Å². The number of carbonyl (C=O) groups excluding carboxylic acids is 1. The highest BCUT2D eigenvalue weighted by Gasteiger charge is 2.12. The molecule has 3 nitrogen and oxygen atoms in total. The Bertz CT molecular complexity index is 102. The molecule has 0 rings (SSSR count). The largest absolute Gasteiger partial charge is 0.430 e. The summed E-state index contributed by atoms with van der Waals surface area (Å²) < 4.78 is 4.15. The van der Waals surface area contributed by atoms with Gasteiger partial charge in [-0.3, -0.25) is 0 Å². The van der Waals surface area contributed by atoms with E-state index >= 15 is 0 Å². The molecule has 0 aromatic rings. The maximum Gasteiger partial charge on any atom is 0.337 e. The van der Waals surface area contributed by atoms with Crippen molar-refractivity contribution in [1.82, 2.24) is 0 Å². The van der Waals surface area contributed by atoms with Gasteiger partial charge in [-0.25, -0.2) is 4.79 Å². The van der Waals surface area contributed by atoms with E-state index in [0.29, 0.717) is 0 Å². The predicted octanol–water partition coefficient (Wildman–Crippen LogP) is 0.672. The van der Waals surface area contributed by atoms with Gasteiger partial charge < -0.3 is 9.84 Å². The van der Waals surface area contributed by atoms with Gasteiger partial charge >= 0.3 is 5.97 Å². The molecule has 0 aliphatic heterocycles. The number of esters is 1. The first-order valence-electron chi connectivity index (χ1n) is 2.20. The first-order valence-corrected chi connectivity index (χ1v) is 3.08. The maximum absolute atomic E-state index is 10.3. The predicted molar refractivity (Wildman–Crippen MR) is 33.3 cm³/mol. The summed E-state index contributed by atoms with van der Waals surface area (Å²) in [6.45, 7) is 1.26. The van der Waals surface area contributed by atoms with Crippen molar-refractivity contribution in [3.05, 3.63) is 0 Å². The number of alkyl halides is 2. The van der Waals surface area contributed by atoms with Crippen molar-refractivity contribution >= 4 is 29.2 Å². The Balaban J connectivity index is 3.51. The van der Waals surface area contributed by atoms with Crippen LogP contribution < -0.4 is 0 Å². The number of aliphatic hydroxyl groups is 1. The molecule has 0 fully saturated rings. The lowest BCUT2D eigenvalue weighted by Crippen LogP contribution is -2.20. The lowest BCUT2D eigenvalue weighted by molar-refractivity contribution is -0.151. The van der Waals surface area contributed by atoms with Crippen molar-refractivity contribution in [3.63, 3.8) is 0 Å². The zero-order valence-corrected chi connectivity index (χ0v) is 6.19. The Morgan fingerprint density at radius 2 is 2.11 bits per heavy atom. The van der Waals surface area contributed by atoms with E-state index in [4.69, 9.17) is 28.3 Å². The molecular formula is C4H6Cl2O3. The lowest BCUT2D eigenvalue weighted by Gasteiger charge is -2.04. The van der Waals surface area contributed by atoms with Crippen LogP contribution in [0, 0.1) is 0 Å². The van der Waals surface area contributed by atoms with E-state index in [0.717, 1.165) is 0 Å². The van der Waals surface area contributed by atoms with Crippen LogP contribution in [-0.4, -0.2) is 22.2 Å². The average molecular weight is 173 g/mol. The standard InChI is InChI=1S/C4H6Cl2O3/c1-2(7)3(8)9-4(5)6/h2,4,7H,1H3. The summed E-state index contributed by atoms with van der Waals surface area (Å²) in [6.07, 6.45) is -1.18. The minimum Gasteiger partial charge on any atom is -0.430 e. The second kappa shape index (κ2) is 3.93. The van der Waals surface area contributed by atoms with E-state index in [1.54, 1.807) is 0 Å². The highest BCUT2D eigenvalue weighted by atomic mass is 35.5. The van der Waals surface area contributed by atoms with Gasteiger partial charge in [0, 0.05) is 0 Å². The highest BCUT2D eigenvalue weighted by molar-refractivity contribution is 6.43. The fourth-order valence-corrected chi connectivity index (χ4v) is 0.362. The third kappa shape index (κ3) is 4.51. The summed E-state index contributed by atoms with van der Waals surface area (Å²) in [4.78, 5) is 10.3. The molecule has 0 radical (unpaired) electrons. The molecule has 0 aromatic carbocycles. The van der Waals surface area contributed by atoms with Gasteiger partial charge in [0.15, 0.2) is 0 Å². The van der Waals surface area contributed by atoms with Crippen LogP contribution in [0.25, 0.3) is 0 Å². The normalized spacial score (nSPS) is 13.4. The topological polar surface area (TPSA) is 46.5 Å². The smallest absolute Gasteiger partial charge is 0.337 e. The summed E-state index contributed by atoms with van der Waals surface area (Å²) in [5.41, 5.74) is 0. The molecular weight excluding hydrogens is 167 g/mol. The molecule has 0 saturated heterocycles. The lowest BCUT2D eigenvalue weighted by atomic mass is 10.4. The second-order valence-corrected chi connectivity index (χ2v) is 2.39. The van der Waals surface area contributed by atoms with Crippen LogP contribution in [0.15, 0.2) is 0 Å². The molecule has 0 amide bonds. The Hall–Kier alpha value is 0.01000. The van der Waals surface area contributed by atoms with Gasteiger partial charge in [0.05, 0.1) is 0 Å². The minimum absolute atomic E-state index is 0.829. The minimum atomic E-state index is -1.20. The van der Waals surface area contributed by atoms with Crippen LogP contribution in [0.3, 0.4) is 0 Å². The van der Waals surface area contributed by atoms with Crippen molar-refractivity contribution in [2.75, 3.05) is 0 Å². The van der Waals surface area contributed by atoms with Gasteiger partial charge in [-0.05, 0) is 6.92 Å². The Labute approximate surface area is 62.5 Å². The third-order valence-electron chi connectivity index (χ3n) is 0.546. The molecule has 0 bridgehead atoms. The molecule has 0 heterocycles. The summed E-state index contributed by atoms with van der Waals surface area (Å²) in [5.74, 6) is -0.829. The average Bonchev–Trinajstić information content (AvgIpc) is 1.63. The van der Waals surface area contributed by atoms with E-state index < -0.39 is 17.1 Å². The molecule has 1 unspecified atom stereocenters. The van der Waals surface area contributed by atoms with Crippen LogP contribution in [0.5, 0.6) is 0 Å². The number of hydrogen-bond donors (Lipinski definition) is 1. The van der Waals surface area contributed by atoms with Gasteiger partial charge in [0.1, 0.15) is 6.10 Å². The quantitative estimate of drug-likeness (QED) is 0.493. The third-order valence-corrected chi connectivity index (χ3v) is 0.725. The molecule has 1 atom stereocenters. The molecule has 54 valence electrons. The van der Waals surface area contributed by atoms with Crippen molar-refractivity contribution in [2.24, 2.45) is 0 Å². The molecule has 0 saturated carbocycles. The van der Waals surface area contributed by atoms with E-state index in [-0.39, 0.29) is 0 Å². The van der Waals surface area contributed by atoms with Gasteiger partial charge in [-0.15, -0.1) is 0 Å². The highest BCUT2D eigenvalue weighted by Crippen LogP contribution is 2.04. The van der Waals surface area contributed by atoms with Gasteiger partial charge in [-0.1, -0.05) is 23.2 Å². The summed E-state index contributed by atoms with van der Waals surface area (Å²) in [5, 5.41) is 7.28. The van der Waals surface area contributed by atoms with Crippen molar-refractivity contribution < 1.29 is 14.6 Å². The van der Waals surface area contributed by atoms with E-state index in [9.17, 15) is 4.79 Å². The molecule has 1 N–H and O–H groups in total. The summed E-state index contributed by atoms with van der Waals surface area (Å²) >= 11 is 10.1. The molecule has 0 aromatic heterocycles. The van der Waals surface area contributed by atoms with Gasteiger partial charge in [-0.2, -0.15) is 0 Å². The SMILES string of the molecule is CC(O)C(=O)OC(Cl)Cl. The Morgan fingerprint density at radius 1 is 1.67 bits per heavy atom. The van der Waals surface area contributed by atoms with Crippen molar-refractivity contribution in [3.8, 4) is 0 Å². The van der Waals surface area contributed by atoms with E-state index in [1.165, 1.54) is 6.92 Å². The number of ether oxygens (including phenoxy) is 1. The molecule has 9 heavy (non-hydrogen) atoms. The summed E-state index contributed by atoms with van der Waals surface area (Å²) in [7, 11) is 0. The number of aliphatic hydroxyl groups excluding tert-OH is 1. The molecule has 0 spiro atoms. The first kappa shape index (κ1) is 9.01. The second-order valence-electron chi connectivity index (χ2n) is 1.37. The van der Waals surface area contributed by atoms with Crippen LogP contribution >= 0.6 is 23.2 Å². The number of carbonyl (C=O) groups is 1. The van der Waals surface area contributed by atoms with Crippen molar-refractivity contribution in [1.29, 1.82) is 0 Å².